The zero-order valence-corrected chi connectivity index (χ0v) is 15.7. The van der Waals surface area contributed by atoms with E-state index in [2.05, 4.69) is 7.06 Å². The van der Waals surface area contributed by atoms with Gasteiger partial charge in [-0.05, 0) is 0 Å². The number of carbonyl (C=O) groups is 1. The fraction of sp³-hybridized carbons (Fsp3) is 0.900. The van der Waals surface area contributed by atoms with Gasteiger partial charge in [-0.15, -0.1) is 0 Å². The molecule has 2 saturated heterocycles. The maximum absolute atomic E-state index is 12.5. The third kappa shape index (κ3) is 3.27. The van der Waals surface area contributed by atoms with Crippen molar-refractivity contribution in [1.29, 1.82) is 0 Å². The number of rotatable bonds is 6. The Balaban J connectivity index is 1.85. The summed E-state index contributed by atoms with van der Waals surface area (Å²) in [7, 11) is 0. The van der Waals surface area contributed by atoms with Crippen LogP contribution < -0.4 is 7.06 Å². The van der Waals surface area contributed by atoms with E-state index in [1.807, 2.05) is 22.6 Å². The zero-order valence-electron chi connectivity index (χ0n) is 11.4. The Labute approximate surface area is 148 Å². The molecule has 0 radical (unpaired) electrons. The van der Waals surface area contributed by atoms with Crippen molar-refractivity contribution in [1.82, 2.24) is 7.06 Å². The molecule has 0 spiro atoms. The first-order valence-electron chi connectivity index (χ1n) is 6.16. The van der Waals surface area contributed by atoms with Crippen molar-refractivity contribution in [3.05, 3.63) is 0 Å². The first kappa shape index (κ1) is 19.7. The molecule has 1 atom stereocenters. The van der Waals surface area contributed by atoms with Gasteiger partial charge in [0.15, 0.2) is 0 Å². The van der Waals surface area contributed by atoms with Crippen LogP contribution in [0.4, 0.5) is 26.3 Å². The van der Waals surface area contributed by atoms with Crippen molar-refractivity contribution >= 4 is 48.9 Å². The van der Waals surface area contributed by atoms with Crippen molar-refractivity contribution in [3.8, 4) is 0 Å². The number of alkyl halides is 8. The van der Waals surface area contributed by atoms with Crippen molar-refractivity contribution in [3.63, 3.8) is 0 Å². The summed E-state index contributed by atoms with van der Waals surface area (Å²) < 4.78 is 84.2. The molecule has 3 N–H and O–H groups in total. The normalized spacial score (nSPS) is 23.8. The van der Waals surface area contributed by atoms with Gasteiger partial charge in [0.2, 0.25) is 0 Å². The number of nitrogens with one attached hydrogen (secondary N) is 2. The Hall–Kier alpha value is 0.390. The molecule has 2 fully saturated rings. The third-order valence-electron chi connectivity index (χ3n) is 3.55. The van der Waals surface area contributed by atoms with Gasteiger partial charge in [-0.25, -0.2) is 0 Å². The number of hydrogen-bond acceptors (Lipinski definition) is 5. The van der Waals surface area contributed by atoms with Crippen LogP contribution in [0.5, 0.6) is 0 Å². The minimum atomic E-state index is -5.86. The predicted molar refractivity (Wildman–Crippen MR) is 82.7 cm³/mol. The van der Waals surface area contributed by atoms with E-state index in [1.165, 1.54) is 0 Å². The Kier molecular flexibility index (Phi) is 4.89. The van der Waals surface area contributed by atoms with E-state index in [1.54, 1.807) is 6.92 Å². The monoisotopic (exact) mass is 576 g/mol. The average Bonchev–Trinajstić information content (AvgIpc) is 3.19. The molecule has 2 heterocycles. The van der Waals surface area contributed by atoms with E-state index in [-0.39, 0.29) is 0 Å². The number of ether oxygens (including phenoxy) is 1. The second-order valence-corrected chi connectivity index (χ2v) is 11.7. The quantitative estimate of drug-likeness (QED) is 0.0662. The molecule has 0 amide bonds. The standard InChI is InChI=1S/C10H12F6I2N2O3/c1-6(17,10-18(19-10)20-10)5(21)23-4-2-3-7(22,8(11,12)13)9(14,15)16/h19-20,22H,2-4H2,1H3. The van der Waals surface area contributed by atoms with E-state index >= 15 is 0 Å². The van der Waals surface area contributed by atoms with Crippen LogP contribution in [0.3, 0.4) is 0 Å². The van der Waals surface area contributed by atoms with Crippen LogP contribution in [0.25, 0.3) is 0 Å². The zero-order chi connectivity index (χ0) is 17.9. The summed E-state index contributed by atoms with van der Waals surface area (Å²) in [4.78, 5) is 11.9. The molecule has 0 bridgehead atoms. The van der Waals surface area contributed by atoms with E-state index in [0.717, 1.165) is 0 Å². The Bertz CT molecular complexity index is 490. The molecular formula is C10H12F6I2N2O3. The van der Waals surface area contributed by atoms with Gasteiger partial charge >= 0.3 is 148 Å². The van der Waals surface area contributed by atoms with Gasteiger partial charge in [0.05, 0.1) is 0 Å². The molecule has 1 unspecified atom stereocenters. The van der Waals surface area contributed by atoms with Crippen LogP contribution in [-0.2, 0) is 9.53 Å². The molecule has 0 aromatic rings. The molecule has 2 aliphatic rings. The number of esters is 1. The van der Waals surface area contributed by atoms with Crippen molar-refractivity contribution in [2.75, 3.05) is 6.61 Å². The summed E-state index contributed by atoms with van der Waals surface area (Å²) in [6, 6.07) is 0. The second-order valence-electron chi connectivity index (χ2n) is 5.23. The molecule has 0 aliphatic carbocycles. The van der Waals surface area contributed by atoms with Gasteiger partial charge in [-0.2, -0.15) is 0 Å². The van der Waals surface area contributed by atoms with Gasteiger partial charge in [0.1, 0.15) is 0 Å². The summed E-state index contributed by atoms with van der Waals surface area (Å²) >= 11 is 0.375. The minimum absolute atomic E-state index is 0.451. The van der Waals surface area contributed by atoms with E-state index in [4.69, 9.17) is 9.84 Å². The van der Waals surface area contributed by atoms with E-state index in [0.29, 0.717) is 0 Å². The molecule has 0 aromatic carbocycles. The van der Waals surface area contributed by atoms with Crippen LogP contribution >= 0.6 is 43.0 Å². The number of hydrogen-bond donors (Lipinski definition) is 3. The molecular weight excluding hydrogens is 564 g/mol. The molecule has 5 nitrogen and oxygen atoms in total. The Morgan fingerprint density at radius 2 is 1.65 bits per heavy atom. The van der Waals surface area contributed by atoms with Crippen molar-refractivity contribution in [2.24, 2.45) is 0 Å². The maximum atomic E-state index is 12.5. The molecule has 0 saturated carbocycles. The second kappa shape index (κ2) is 5.70. The van der Waals surface area contributed by atoms with Gasteiger partial charge in [0, 0.05) is 0 Å². The molecule has 0 aromatic heterocycles. The summed E-state index contributed by atoms with van der Waals surface area (Å²) in [6.45, 7) is 0.929. The molecule has 2 rings (SSSR count). The van der Waals surface area contributed by atoms with Crippen molar-refractivity contribution < 1.29 is 41.0 Å². The predicted octanol–water partition coefficient (Wildman–Crippen LogP) is 2.56. The van der Waals surface area contributed by atoms with Crippen LogP contribution in [0, 0.1) is 0 Å². The number of aliphatic hydroxyl groups is 1. The summed E-state index contributed by atoms with van der Waals surface area (Å²) in [5, 5.41) is 8.95. The molecule has 136 valence electrons. The van der Waals surface area contributed by atoms with Crippen LogP contribution in [0.1, 0.15) is 19.8 Å². The summed E-state index contributed by atoms with van der Waals surface area (Å²) in [5.74, 6) is -0.724. The SMILES string of the molecule is CC(I)(C(=O)OCCCC(O)(C(F)(F)F)C(F)(F)F)C12NI1N2. The van der Waals surface area contributed by atoms with Crippen LogP contribution in [0.15, 0.2) is 0 Å². The first-order chi connectivity index (χ1) is 10.2. The Morgan fingerprint density at radius 1 is 1.22 bits per heavy atom. The number of halogens is 8. The first-order valence-corrected chi connectivity index (χ1v) is 10.5. The number of carbonyl (C=O) groups excluding carboxylic acids is 1. The summed E-state index contributed by atoms with van der Waals surface area (Å²) in [5.41, 5.74) is -4.81. The Morgan fingerprint density at radius 3 is 2.00 bits per heavy atom. The van der Waals surface area contributed by atoms with Gasteiger partial charge in [0.25, 0.3) is 0 Å². The van der Waals surface area contributed by atoms with Gasteiger partial charge in [-0.3, -0.25) is 0 Å². The van der Waals surface area contributed by atoms with E-state index < -0.39 is 70.8 Å². The van der Waals surface area contributed by atoms with E-state index in [9.17, 15) is 31.1 Å². The fourth-order valence-corrected chi connectivity index (χ4v) is 9.58. The van der Waals surface area contributed by atoms with Crippen LogP contribution in [-0.4, -0.2) is 42.7 Å². The number of fused-ring (bicyclic) bond motifs is 1. The van der Waals surface area contributed by atoms with Crippen LogP contribution in [0.2, 0.25) is 0 Å². The average molecular weight is 576 g/mol. The molecule has 2 aliphatic heterocycles. The topological polar surface area (TPSA) is 90.4 Å². The molecule has 13 heteroatoms. The fourth-order valence-electron chi connectivity index (χ4n) is 1.79. The third-order valence-corrected chi connectivity index (χ3v) is 10.7. The van der Waals surface area contributed by atoms with Crippen molar-refractivity contribution in [2.45, 2.75) is 44.8 Å². The molecule has 23 heavy (non-hydrogen) atoms. The summed E-state index contributed by atoms with van der Waals surface area (Å²) in [6.07, 6.45) is -14.1. The van der Waals surface area contributed by atoms with Gasteiger partial charge < -0.3 is 0 Å². The van der Waals surface area contributed by atoms with Gasteiger partial charge in [-0.1, -0.05) is 0 Å².